The topological polar surface area (TPSA) is 115 Å². The van der Waals surface area contributed by atoms with Crippen LogP contribution in [0.15, 0.2) is 82.0 Å². The molecular weight excluding hydrogens is 450 g/mol. The van der Waals surface area contributed by atoms with E-state index >= 15 is 0 Å². The normalized spacial score (nSPS) is 13.5. The van der Waals surface area contributed by atoms with Crippen LogP contribution in [0.4, 0.5) is 17.1 Å². The lowest BCUT2D eigenvalue weighted by atomic mass is 10.1. The van der Waals surface area contributed by atoms with E-state index in [0.717, 1.165) is 5.39 Å². The Morgan fingerprint density at radius 3 is 2.46 bits per heavy atom. The number of nitro benzene ring substituents is 1. The Morgan fingerprint density at radius 2 is 1.71 bits per heavy atom. The Balaban J connectivity index is 1.36. The lowest BCUT2D eigenvalue weighted by Crippen LogP contribution is -2.36. The van der Waals surface area contributed by atoms with Crippen LogP contribution in [0.3, 0.4) is 0 Å². The van der Waals surface area contributed by atoms with Gasteiger partial charge in [-0.3, -0.25) is 14.9 Å². The minimum Gasteiger partial charge on any atom is -0.422 e. The second kappa shape index (κ2) is 9.40. The van der Waals surface area contributed by atoms with Crippen molar-refractivity contribution >= 4 is 33.9 Å². The van der Waals surface area contributed by atoms with Gasteiger partial charge in [-0.15, -0.1) is 0 Å². The highest BCUT2D eigenvalue weighted by Gasteiger charge is 2.23. The van der Waals surface area contributed by atoms with Crippen molar-refractivity contribution in [1.82, 2.24) is 0 Å². The molecule has 1 amide bonds. The molecule has 1 fully saturated rings. The molecule has 1 N–H and O–H groups in total. The summed E-state index contributed by atoms with van der Waals surface area (Å²) in [5, 5.41) is 15.2. The van der Waals surface area contributed by atoms with Crippen molar-refractivity contribution in [3.63, 3.8) is 0 Å². The van der Waals surface area contributed by atoms with Crippen LogP contribution in [0.1, 0.15) is 10.4 Å². The number of benzene rings is 3. The molecule has 0 saturated carbocycles. The smallest absolute Gasteiger partial charge is 0.344 e. The number of ether oxygens (including phenoxy) is 1. The lowest BCUT2D eigenvalue weighted by Gasteiger charge is -2.28. The number of fused-ring (bicyclic) bond motifs is 1. The van der Waals surface area contributed by atoms with E-state index in [-0.39, 0.29) is 11.3 Å². The first kappa shape index (κ1) is 22.3. The van der Waals surface area contributed by atoms with E-state index in [1.54, 1.807) is 54.6 Å². The van der Waals surface area contributed by atoms with E-state index in [1.165, 1.54) is 6.07 Å². The van der Waals surface area contributed by atoms with Gasteiger partial charge in [0.25, 0.3) is 11.6 Å². The molecule has 0 radical (unpaired) electrons. The summed E-state index contributed by atoms with van der Waals surface area (Å²) < 4.78 is 10.7. The summed E-state index contributed by atoms with van der Waals surface area (Å²) in [7, 11) is 0. The van der Waals surface area contributed by atoms with E-state index in [0.29, 0.717) is 54.4 Å². The van der Waals surface area contributed by atoms with Gasteiger partial charge in [-0.05, 0) is 42.0 Å². The predicted molar refractivity (Wildman–Crippen MR) is 132 cm³/mol. The highest BCUT2D eigenvalue weighted by atomic mass is 16.6. The molecule has 3 aromatic carbocycles. The highest BCUT2D eigenvalue weighted by Crippen LogP contribution is 2.30. The van der Waals surface area contributed by atoms with E-state index in [1.807, 2.05) is 17.0 Å². The predicted octanol–water partition coefficient (Wildman–Crippen LogP) is 4.46. The van der Waals surface area contributed by atoms with Gasteiger partial charge in [0.15, 0.2) is 0 Å². The van der Waals surface area contributed by atoms with Crippen LogP contribution in [0.25, 0.3) is 22.1 Å². The van der Waals surface area contributed by atoms with Crippen LogP contribution < -0.4 is 15.8 Å². The summed E-state index contributed by atoms with van der Waals surface area (Å²) >= 11 is 0. The Bertz CT molecular complexity index is 1470. The monoisotopic (exact) mass is 471 g/mol. The number of morpholine rings is 1. The van der Waals surface area contributed by atoms with Crippen molar-refractivity contribution in [3.8, 4) is 11.1 Å². The van der Waals surface area contributed by atoms with Gasteiger partial charge in [0.05, 0.1) is 23.7 Å². The van der Waals surface area contributed by atoms with Gasteiger partial charge in [0, 0.05) is 35.8 Å². The molecular formula is C26H21N3O6. The van der Waals surface area contributed by atoms with Crippen LogP contribution in [-0.2, 0) is 4.74 Å². The van der Waals surface area contributed by atoms with Crippen molar-refractivity contribution in [1.29, 1.82) is 0 Å². The Morgan fingerprint density at radius 1 is 0.971 bits per heavy atom. The maximum atomic E-state index is 12.8. The van der Waals surface area contributed by atoms with Gasteiger partial charge in [0.2, 0.25) is 0 Å². The van der Waals surface area contributed by atoms with Crippen LogP contribution in [-0.4, -0.2) is 37.1 Å². The number of hydrogen-bond acceptors (Lipinski definition) is 7. The zero-order valence-electron chi connectivity index (χ0n) is 18.6. The van der Waals surface area contributed by atoms with Crippen molar-refractivity contribution in [2.45, 2.75) is 0 Å². The lowest BCUT2D eigenvalue weighted by molar-refractivity contribution is -0.384. The molecule has 0 bridgehead atoms. The van der Waals surface area contributed by atoms with E-state index in [2.05, 4.69) is 5.32 Å². The first-order chi connectivity index (χ1) is 17.0. The number of carbonyl (C=O) groups excluding carboxylic acids is 1. The van der Waals surface area contributed by atoms with Crippen LogP contribution >= 0.6 is 0 Å². The van der Waals surface area contributed by atoms with Crippen LogP contribution in [0.2, 0.25) is 0 Å². The summed E-state index contributed by atoms with van der Waals surface area (Å²) in [5.41, 5.74) is 2.12. The molecule has 4 aromatic rings. The molecule has 1 aliphatic heterocycles. The molecule has 9 nitrogen and oxygen atoms in total. The van der Waals surface area contributed by atoms with E-state index < -0.39 is 16.5 Å². The third-order valence-electron chi connectivity index (χ3n) is 5.88. The largest absolute Gasteiger partial charge is 0.422 e. The summed E-state index contributed by atoms with van der Waals surface area (Å²) in [6.45, 7) is 2.09. The average Bonchev–Trinajstić information content (AvgIpc) is 2.89. The summed E-state index contributed by atoms with van der Waals surface area (Å²) in [6, 6.07) is 20.2. The van der Waals surface area contributed by atoms with Gasteiger partial charge >= 0.3 is 5.63 Å². The minimum atomic E-state index is -0.481. The number of nitrogens with one attached hydrogen (secondary N) is 1. The third-order valence-corrected chi connectivity index (χ3v) is 5.88. The molecule has 176 valence electrons. The van der Waals surface area contributed by atoms with E-state index in [9.17, 15) is 19.7 Å². The van der Waals surface area contributed by atoms with Gasteiger partial charge < -0.3 is 19.4 Å². The van der Waals surface area contributed by atoms with Crippen molar-refractivity contribution in [3.05, 3.63) is 98.9 Å². The molecule has 0 unspecified atom stereocenters. The first-order valence-corrected chi connectivity index (χ1v) is 11.1. The second-order valence-corrected chi connectivity index (χ2v) is 8.08. The zero-order chi connectivity index (χ0) is 24.4. The molecule has 2 heterocycles. The number of rotatable bonds is 5. The van der Waals surface area contributed by atoms with Crippen molar-refractivity contribution < 1.29 is 18.9 Å². The molecule has 5 rings (SSSR count). The van der Waals surface area contributed by atoms with Gasteiger partial charge in [-0.2, -0.15) is 0 Å². The summed E-state index contributed by atoms with van der Waals surface area (Å²) in [5.74, 6) is -0.473. The average molecular weight is 471 g/mol. The summed E-state index contributed by atoms with van der Waals surface area (Å²) in [4.78, 5) is 38.3. The molecule has 0 aliphatic carbocycles. The maximum absolute atomic E-state index is 12.8. The molecule has 1 aliphatic rings. The molecule has 1 saturated heterocycles. The van der Waals surface area contributed by atoms with Gasteiger partial charge in [0.1, 0.15) is 11.3 Å². The number of nitrogens with zero attached hydrogens (tertiary/aromatic N) is 2. The van der Waals surface area contributed by atoms with Crippen LogP contribution in [0.5, 0.6) is 0 Å². The summed E-state index contributed by atoms with van der Waals surface area (Å²) in [6.07, 6.45) is 0. The minimum absolute atomic E-state index is 0.127. The zero-order valence-corrected chi connectivity index (χ0v) is 18.6. The molecule has 35 heavy (non-hydrogen) atoms. The SMILES string of the molecule is O=C(Nc1ccc(-c2cc3ccccc3oc2=O)cc1)c1ccc(N2CCOCC2)c([N+](=O)[O-])c1. The number of anilines is 2. The van der Waals surface area contributed by atoms with Crippen molar-refractivity contribution in [2.75, 3.05) is 36.5 Å². The first-order valence-electron chi connectivity index (χ1n) is 11.1. The van der Waals surface area contributed by atoms with Crippen LogP contribution in [0, 0.1) is 10.1 Å². The molecule has 1 aromatic heterocycles. The number of hydrogen-bond donors (Lipinski definition) is 1. The number of nitro groups is 1. The standard InChI is InChI=1S/C26H21N3O6/c30-25(19-7-10-22(23(16-19)29(32)33)28-11-13-34-14-12-28)27-20-8-5-17(6-9-20)21-15-18-3-1-2-4-24(18)35-26(21)31/h1-10,15-16H,11-14H2,(H,27,30). The van der Waals surface area contributed by atoms with Crippen molar-refractivity contribution in [2.24, 2.45) is 0 Å². The second-order valence-electron chi connectivity index (χ2n) is 8.08. The third kappa shape index (κ3) is 4.62. The van der Waals surface area contributed by atoms with Gasteiger partial charge in [-0.25, -0.2) is 4.79 Å². The fourth-order valence-electron chi connectivity index (χ4n) is 4.08. The fraction of sp³-hybridized carbons (Fsp3) is 0.154. The molecule has 0 spiro atoms. The Hall–Kier alpha value is -4.50. The quantitative estimate of drug-likeness (QED) is 0.260. The van der Waals surface area contributed by atoms with E-state index in [4.69, 9.17) is 9.15 Å². The number of para-hydroxylation sites is 1. The molecule has 0 atom stereocenters. The Labute approximate surface area is 199 Å². The number of carbonyl (C=O) groups is 1. The highest BCUT2D eigenvalue weighted by molar-refractivity contribution is 6.05. The Kier molecular flexibility index (Phi) is 5.99. The molecule has 9 heteroatoms. The fourth-order valence-corrected chi connectivity index (χ4v) is 4.08. The maximum Gasteiger partial charge on any atom is 0.344 e. The van der Waals surface area contributed by atoms with Gasteiger partial charge in [-0.1, -0.05) is 30.3 Å². The number of amides is 1.